The standard InChI is InChI=1S/C26H41F3N2O/c1-2-3-4-5-6-7-8-9-10-11-12-13-14-15-16-21-25(32)31-30-22-23-19-17-18-20-24(23)26(27,28)29/h17-20,22H,2-16,21H2,1H3,(H,31,32)/b30-22-. The van der Waals surface area contributed by atoms with Crippen LogP contribution in [0, 0.1) is 0 Å². The van der Waals surface area contributed by atoms with Gasteiger partial charge in [0.25, 0.3) is 0 Å². The molecule has 0 bridgehead atoms. The van der Waals surface area contributed by atoms with Crippen LogP contribution in [0.1, 0.15) is 121 Å². The number of rotatable bonds is 18. The van der Waals surface area contributed by atoms with Crippen molar-refractivity contribution in [3.05, 3.63) is 35.4 Å². The number of nitrogens with zero attached hydrogens (tertiary/aromatic N) is 1. The third-order valence-corrected chi connectivity index (χ3v) is 5.67. The van der Waals surface area contributed by atoms with E-state index in [1.54, 1.807) is 0 Å². The molecular formula is C26H41F3N2O. The van der Waals surface area contributed by atoms with Crippen LogP contribution >= 0.6 is 0 Å². The summed E-state index contributed by atoms with van der Waals surface area (Å²) in [6, 6.07) is 5.16. The van der Waals surface area contributed by atoms with Crippen LogP contribution in [0.3, 0.4) is 0 Å². The lowest BCUT2D eigenvalue weighted by Gasteiger charge is -2.09. The van der Waals surface area contributed by atoms with Crippen LogP contribution in [0.4, 0.5) is 13.2 Å². The molecule has 0 aliphatic heterocycles. The van der Waals surface area contributed by atoms with Crippen molar-refractivity contribution in [2.45, 2.75) is 116 Å². The number of halogens is 3. The van der Waals surface area contributed by atoms with E-state index in [9.17, 15) is 18.0 Å². The van der Waals surface area contributed by atoms with Gasteiger partial charge in [-0.15, -0.1) is 0 Å². The summed E-state index contributed by atoms with van der Waals surface area (Å²) in [6.45, 7) is 2.25. The largest absolute Gasteiger partial charge is 0.417 e. The average molecular weight is 455 g/mol. The molecule has 6 heteroatoms. The number of alkyl halides is 3. The monoisotopic (exact) mass is 454 g/mol. The number of hydrazone groups is 1. The molecule has 182 valence electrons. The van der Waals surface area contributed by atoms with Crippen LogP contribution < -0.4 is 5.43 Å². The molecule has 0 spiro atoms. The van der Waals surface area contributed by atoms with Crippen LogP contribution in [-0.4, -0.2) is 12.1 Å². The molecule has 32 heavy (non-hydrogen) atoms. The lowest BCUT2D eigenvalue weighted by atomic mass is 10.0. The molecule has 1 aromatic rings. The van der Waals surface area contributed by atoms with E-state index < -0.39 is 11.7 Å². The quantitative estimate of drug-likeness (QED) is 0.135. The number of nitrogens with one attached hydrogen (secondary N) is 1. The molecule has 1 N–H and O–H groups in total. The van der Waals surface area contributed by atoms with Gasteiger partial charge in [0.2, 0.25) is 5.91 Å². The zero-order chi connectivity index (χ0) is 23.5. The molecule has 0 radical (unpaired) electrons. The minimum absolute atomic E-state index is 0.0627. The minimum atomic E-state index is -4.44. The number of hydrogen-bond donors (Lipinski definition) is 1. The van der Waals surface area contributed by atoms with Gasteiger partial charge >= 0.3 is 6.18 Å². The maximum atomic E-state index is 12.9. The second-order valence-corrected chi connectivity index (χ2v) is 8.58. The second kappa shape index (κ2) is 17.7. The van der Waals surface area contributed by atoms with Gasteiger partial charge < -0.3 is 0 Å². The van der Waals surface area contributed by atoms with Gasteiger partial charge in [0.15, 0.2) is 0 Å². The van der Waals surface area contributed by atoms with Gasteiger partial charge in [-0.3, -0.25) is 4.79 Å². The Hall–Kier alpha value is -1.85. The molecule has 0 heterocycles. The fraction of sp³-hybridized carbons (Fsp3) is 0.692. The molecule has 1 aromatic carbocycles. The first-order chi connectivity index (χ1) is 15.4. The molecule has 0 saturated heterocycles. The van der Waals surface area contributed by atoms with Crippen LogP contribution in [0.25, 0.3) is 0 Å². The van der Waals surface area contributed by atoms with Crippen molar-refractivity contribution in [1.82, 2.24) is 5.43 Å². The number of amides is 1. The predicted molar refractivity (Wildman–Crippen MR) is 127 cm³/mol. The van der Waals surface area contributed by atoms with Crippen LogP contribution in [0.15, 0.2) is 29.4 Å². The molecular weight excluding hydrogens is 413 g/mol. The third-order valence-electron chi connectivity index (χ3n) is 5.67. The predicted octanol–water partition coefficient (Wildman–Crippen LogP) is 8.42. The smallest absolute Gasteiger partial charge is 0.273 e. The summed E-state index contributed by atoms with van der Waals surface area (Å²) < 4.78 is 38.8. The summed E-state index contributed by atoms with van der Waals surface area (Å²) in [6.07, 6.45) is 15.9. The topological polar surface area (TPSA) is 41.5 Å². The summed E-state index contributed by atoms with van der Waals surface area (Å²) in [4.78, 5) is 11.8. The van der Waals surface area contributed by atoms with Gasteiger partial charge in [0, 0.05) is 12.0 Å². The Labute approximate surface area is 192 Å². The number of unbranched alkanes of at least 4 members (excludes halogenated alkanes) is 14. The van der Waals surface area contributed by atoms with E-state index in [4.69, 9.17) is 0 Å². The van der Waals surface area contributed by atoms with Crippen molar-refractivity contribution in [2.24, 2.45) is 5.10 Å². The molecule has 0 atom stereocenters. The summed E-state index contributed by atoms with van der Waals surface area (Å²) in [5.74, 6) is -0.263. The van der Waals surface area contributed by atoms with Gasteiger partial charge in [-0.2, -0.15) is 18.3 Å². The first kappa shape index (κ1) is 28.2. The number of carbonyl (C=O) groups is 1. The highest BCUT2D eigenvalue weighted by molar-refractivity contribution is 5.84. The Bertz CT molecular complexity index is 644. The summed E-state index contributed by atoms with van der Waals surface area (Å²) in [5, 5.41) is 3.68. The SMILES string of the molecule is CCCCCCCCCCCCCCCCCC(=O)N/N=C\c1ccccc1C(F)(F)F. The van der Waals surface area contributed by atoms with Gasteiger partial charge in [-0.1, -0.05) is 115 Å². The van der Waals surface area contributed by atoms with Crippen LogP contribution in [0.2, 0.25) is 0 Å². The highest BCUT2D eigenvalue weighted by Crippen LogP contribution is 2.31. The molecule has 0 aromatic heterocycles. The van der Waals surface area contributed by atoms with Crippen molar-refractivity contribution < 1.29 is 18.0 Å². The zero-order valence-corrected chi connectivity index (χ0v) is 19.7. The van der Waals surface area contributed by atoms with E-state index in [1.165, 1.54) is 95.2 Å². The Morgan fingerprint density at radius 1 is 0.812 bits per heavy atom. The normalized spacial score (nSPS) is 11.9. The van der Waals surface area contributed by atoms with Crippen molar-refractivity contribution in [3.8, 4) is 0 Å². The molecule has 0 saturated carbocycles. The van der Waals surface area contributed by atoms with Crippen LogP contribution in [0.5, 0.6) is 0 Å². The number of benzene rings is 1. The van der Waals surface area contributed by atoms with Crippen molar-refractivity contribution in [2.75, 3.05) is 0 Å². The number of hydrogen-bond acceptors (Lipinski definition) is 2. The number of carbonyl (C=O) groups excluding carboxylic acids is 1. The first-order valence-corrected chi connectivity index (χ1v) is 12.4. The van der Waals surface area contributed by atoms with Gasteiger partial charge in [0.05, 0.1) is 11.8 Å². The zero-order valence-electron chi connectivity index (χ0n) is 19.7. The van der Waals surface area contributed by atoms with E-state index in [0.717, 1.165) is 31.5 Å². The molecule has 0 fully saturated rings. The Balaban J connectivity index is 1.98. The minimum Gasteiger partial charge on any atom is -0.273 e. The van der Waals surface area contributed by atoms with Crippen LogP contribution in [-0.2, 0) is 11.0 Å². The van der Waals surface area contributed by atoms with Gasteiger partial charge in [0.1, 0.15) is 0 Å². The maximum Gasteiger partial charge on any atom is 0.417 e. The molecule has 0 aliphatic rings. The van der Waals surface area contributed by atoms with Crippen molar-refractivity contribution in [3.63, 3.8) is 0 Å². The highest BCUT2D eigenvalue weighted by atomic mass is 19.4. The molecule has 1 rings (SSSR count). The molecule has 0 unspecified atom stereocenters. The van der Waals surface area contributed by atoms with E-state index in [-0.39, 0.29) is 11.5 Å². The summed E-state index contributed by atoms with van der Waals surface area (Å²) in [7, 11) is 0. The Morgan fingerprint density at radius 3 is 1.78 bits per heavy atom. The van der Waals surface area contributed by atoms with Gasteiger partial charge in [-0.25, -0.2) is 5.43 Å². The molecule has 1 amide bonds. The molecule has 3 nitrogen and oxygen atoms in total. The highest BCUT2D eigenvalue weighted by Gasteiger charge is 2.32. The van der Waals surface area contributed by atoms with E-state index in [1.807, 2.05) is 0 Å². The Kier molecular flexibility index (Phi) is 15.6. The maximum absolute atomic E-state index is 12.9. The lowest BCUT2D eigenvalue weighted by Crippen LogP contribution is -2.17. The average Bonchev–Trinajstić information content (AvgIpc) is 2.76. The van der Waals surface area contributed by atoms with Gasteiger partial charge in [-0.05, 0) is 12.5 Å². The first-order valence-electron chi connectivity index (χ1n) is 12.4. The lowest BCUT2D eigenvalue weighted by molar-refractivity contribution is -0.137. The Morgan fingerprint density at radius 2 is 1.28 bits per heavy atom. The summed E-state index contributed by atoms with van der Waals surface area (Å²) >= 11 is 0. The van der Waals surface area contributed by atoms with E-state index in [2.05, 4.69) is 17.5 Å². The summed E-state index contributed by atoms with van der Waals surface area (Å²) in [5.41, 5.74) is 1.50. The second-order valence-electron chi connectivity index (χ2n) is 8.58. The fourth-order valence-corrected chi connectivity index (χ4v) is 3.75. The van der Waals surface area contributed by atoms with Crippen molar-refractivity contribution in [1.29, 1.82) is 0 Å². The third kappa shape index (κ3) is 14.3. The van der Waals surface area contributed by atoms with Crippen molar-refractivity contribution >= 4 is 12.1 Å². The van der Waals surface area contributed by atoms with E-state index in [0.29, 0.717) is 6.42 Å². The van der Waals surface area contributed by atoms with E-state index >= 15 is 0 Å². The fourth-order valence-electron chi connectivity index (χ4n) is 3.75. The molecule has 0 aliphatic carbocycles.